The van der Waals surface area contributed by atoms with Crippen LogP contribution in [0.4, 0.5) is 17.1 Å². The van der Waals surface area contributed by atoms with Gasteiger partial charge in [0.2, 0.25) is 0 Å². The fourth-order valence-electron chi connectivity index (χ4n) is 9.16. The Hall–Kier alpha value is -7.50. The van der Waals surface area contributed by atoms with Crippen LogP contribution in [0.25, 0.3) is 58.3 Å². The SMILES string of the molecule is COc1ccc(N(c2ccc(OC)cc2)c2ccc(-c3cc4c(s3)-c3sc(-c5ccc(/C=C(/C#N)C(=O)O)s5)cc3-c3c5cccc3OCCCCCCOc3cccc(c3-4)OCCCCCCO5)cc2)cc1. The lowest BCUT2D eigenvalue weighted by atomic mass is 9.98. The van der Waals surface area contributed by atoms with Gasteiger partial charge in [0.05, 0.1) is 61.5 Å². The van der Waals surface area contributed by atoms with Crippen LogP contribution in [0.1, 0.15) is 56.2 Å². The molecule has 5 heterocycles. The zero-order valence-corrected chi connectivity index (χ0v) is 43.1. The van der Waals surface area contributed by atoms with Gasteiger partial charge in [-0.05, 0) is 172 Å². The second-order valence-corrected chi connectivity index (χ2v) is 20.9. The van der Waals surface area contributed by atoms with E-state index < -0.39 is 5.97 Å². The first kappa shape index (κ1) is 49.1. The monoisotopic (exact) mass is 1030 g/mol. The topological polar surface area (TPSA) is 120 Å². The average Bonchev–Trinajstić information content (AvgIpc) is 4.19. The molecule has 10 nitrogen and oxygen atoms in total. The molecular weight excluding hydrogens is 973 g/mol. The molecule has 0 aliphatic carbocycles. The van der Waals surface area contributed by atoms with E-state index in [2.05, 4.69) is 77.7 Å². The number of ether oxygens (including phenoxy) is 6. The van der Waals surface area contributed by atoms with E-state index in [-0.39, 0.29) is 5.57 Å². The minimum absolute atomic E-state index is 0.321. The molecule has 0 unspecified atom stereocenters. The van der Waals surface area contributed by atoms with Crippen molar-refractivity contribution in [1.29, 1.82) is 5.26 Å². The molecule has 1 N–H and O–H groups in total. The molecule has 0 saturated carbocycles. The lowest BCUT2D eigenvalue weighted by molar-refractivity contribution is -0.132. The van der Waals surface area contributed by atoms with Crippen LogP contribution in [0.2, 0.25) is 0 Å². The predicted octanol–water partition coefficient (Wildman–Crippen LogP) is 16.3. The van der Waals surface area contributed by atoms with Crippen molar-refractivity contribution >= 4 is 63.1 Å². The summed E-state index contributed by atoms with van der Waals surface area (Å²) in [6.07, 6.45) is 9.01. The summed E-state index contributed by atoms with van der Waals surface area (Å²) in [7, 11) is 3.34. The lowest BCUT2D eigenvalue weighted by Gasteiger charge is -2.26. The van der Waals surface area contributed by atoms with Crippen molar-refractivity contribution in [3.8, 4) is 92.8 Å². The molecule has 5 aromatic carbocycles. The van der Waals surface area contributed by atoms with Crippen molar-refractivity contribution < 1.29 is 38.3 Å². The molecule has 2 bridgehead atoms. The number of carboxylic acid groups (broad SMARTS) is 1. The third kappa shape index (κ3) is 11.0. The Morgan fingerprint density at radius 3 is 1.40 bits per heavy atom. The maximum atomic E-state index is 11.9. The Kier molecular flexibility index (Phi) is 15.4. The number of benzene rings is 5. The largest absolute Gasteiger partial charge is 0.497 e. The first-order chi connectivity index (χ1) is 35.9. The molecule has 13 heteroatoms. The molecule has 3 aromatic heterocycles. The number of aliphatic carboxylic acids is 1. The fourth-order valence-corrected chi connectivity index (χ4v) is 12.7. The number of thiophene rings is 3. The third-order valence-electron chi connectivity index (χ3n) is 12.9. The van der Waals surface area contributed by atoms with Crippen LogP contribution >= 0.6 is 34.0 Å². The Morgan fingerprint density at radius 2 is 0.973 bits per heavy atom. The number of nitrogens with zero attached hydrogens (tertiary/aromatic N) is 2. The number of hydrogen-bond acceptors (Lipinski definition) is 12. The van der Waals surface area contributed by atoms with Gasteiger partial charge >= 0.3 is 5.97 Å². The number of hydrogen-bond donors (Lipinski definition) is 1. The van der Waals surface area contributed by atoms with Crippen LogP contribution in [-0.4, -0.2) is 51.7 Å². The van der Waals surface area contributed by atoms with E-state index in [0.717, 1.165) is 155 Å². The molecule has 2 aliphatic heterocycles. The van der Waals surface area contributed by atoms with Crippen LogP contribution in [0, 0.1) is 11.3 Å². The van der Waals surface area contributed by atoms with E-state index in [1.54, 1.807) is 36.9 Å². The summed E-state index contributed by atoms with van der Waals surface area (Å²) in [5.74, 6) is 3.35. The number of carboxylic acids is 1. The standard InChI is InChI=1S/C60H54N2O8S3/c1-65-44-25-21-42(22-26-44)62(43-23-27-45(66-2)28-24-43)41-19-17-39(18-20-41)54-36-47-56-49-13-11-14-50(56)68-32-8-4-6-10-34-70-52-16-12-15-51(69-33-9-5-3-7-31-67-49)57(52)48-37-55(73-59(48)58(47)72-54)53-30-29-46(71-53)35-40(38-61)60(63)64/h11-30,35-37H,3-10,31-34H2,1-2H3,(H,63,64)/b40-35-. The van der Waals surface area contributed by atoms with Gasteiger partial charge in [-0.25, -0.2) is 4.79 Å². The highest BCUT2D eigenvalue weighted by atomic mass is 32.1. The van der Waals surface area contributed by atoms with Crippen LogP contribution in [0.5, 0.6) is 34.5 Å². The smallest absolute Gasteiger partial charge is 0.346 e. The van der Waals surface area contributed by atoms with Gasteiger partial charge in [0.25, 0.3) is 0 Å². The van der Waals surface area contributed by atoms with E-state index >= 15 is 0 Å². The van der Waals surface area contributed by atoms with Gasteiger partial charge in [0.15, 0.2) is 0 Å². The quantitative estimate of drug-likeness (QED) is 0.111. The van der Waals surface area contributed by atoms with Crippen molar-refractivity contribution in [3.05, 3.63) is 144 Å². The summed E-state index contributed by atoms with van der Waals surface area (Å²) in [4.78, 5) is 19.8. The molecule has 10 rings (SSSR count). The van der Waals surface area contributed by atoms with Gasteiger partial charge in [0, 0.05) is 47.7 Å². The summed E-state index contributed by atoms with van der Waals surface area (Å²) in [6, 6.07) is 47.3. The highest BCUT2D eigenvalue weighted by Crippen LogP contribution is 2.57. The molecule has 0 radical (unpaired) electrons. The Balaban J connectivity index is 1.20. The van der Waals surface area contributed by atoms with Crippen LogP contribution in [0.15, 0.2) is 139 Å². The number of carbonyl (C=O) groups is 1. The summed E-state index contributed by atoms with van der Waals surface area (Å²) in [5.41, 5.74) is 7.38. The summed E-state index contributed by atoms with van der Waals surface area (Å²) < 4.78 is 38.2. The molecule has 73 heavy (non-hydrogen) atoms. The first-order valence-electron chi connectivity index (χ1n) is 24.6. The van der Waals surface area contributed by atoms with Gasteiger partial charge in [-0.3, -0.25) is 0 Å². The van der Waals surface area contributed by atoms with E-state index in [1.807, 2.05) is 66.7 Å². The summed E-state index contributed by atoms with van der Waals surface area (Å²) in [5, 5.41) is 19.3. The van der Waals surface area contributed by atoms with Crippen LogP contribution in [0.3, 0.4) is 0 Å². The van der Waals surface area contributed by atoms with Gasteiger partial charge in [-0.1, -0.05) is 24.3 Å². The molecule has 0 spiro atoms. The molecule has 2 aliphatic rings. The fraction of sp³-hybridized carbons (Fsp3) is 0.233. The van der Waals surface area contributed by atoms with Gasteiger partial charge < -0.3 is 38.4 Å². The molecule has 0 saturated heterocycles. The highest BCUT2D eigenvalue weighted by molar-refractivity contribution is 7.28. The minimum Gasteiger partial charge on any atom is -0.497 e. The Bertz CT molecular complexity index is 3170. The van der Waals surface area contributed by atoms with E-state index in [9.17, 15) is 15.2 Å². The second-order valence-electron chi connectivity index (χ2n) is 17.6. The van der Waals surface area contributed by atoms with Crippen molar-refractivity contribution in [2.45, 2.75) is 51.4 Å². The summed E-state index contributed by atoms with van der Waals surface area (Å²) in [6.45, 7) is 2.23. The third-order valence-corrected chi connectivity index (χ3v) is 16.6. The molecule has 370 valence electrons. The van der Waals surface area contributed by atoms with Crippen LogP contribution in [-0.2, 0) is 4.79 Å². The van der Waals surface area contributed by atoms with E-state index in [4.69, 9.17) is 28.4 Å². The number of methoxy groups -OCH3 is 2. The molecule has 8 aromatic rings. The van der Waals surface area contributed by atoms with Crippen molar-refractivity contribution in [2.75, 3.05) is 45.5 Å². The van der Waals surface area contributed by atoms with Crippen molar-refractivity contribution in [1.82, 2.24) is 0 Å². The number of nitriles is 1. The predicted molar refractivity (Wildman–Crippen MR) is 295 cm³/mol. The Labute approximate surface area is 437 Å². The highest BCUT2D eigenvalue weighted by Gasteiger charge is 2.29. The molecule has 0 fully saturated rings. The van der Waals surface area contributed by atoms with Gasteiger partial charge in [0.1, 0.15) is 46.1 Å². The van der Waals surface area contributed by atoms with E-state index in [1.165, 1.54) is 17.4 Å². The van der Waals surface area contributed by atoms with Gasteiger partial charge in [-0.2, -0.15) is 5.26 Å². The summed E-state index contributed by atoms with van der Waals surface area (Å²) >= 11 is 4.83. The lowest BCUT2D eigenvalue weighted by Crippen LogP contribution is -2.09. The first-order valence-corrected chi connectivity index (χ1v) is 27.0. The van der Waals surface area contributed by atoms with Crippen molar-refractivity contribution in [2.24, 2.45) is 0 Å². The zero-order chi connectivity index (χ0) is 50.1. The van der Waals surface area contributed by atoms with Crippen molar-refractivity contribution in [3.63, 3.8) is 0 Å². The van der Waals surface area contributed by atoms with E-state index in [0.29, 0.717) is 31.3 Å². The average molecular weight is 1030 g/mol. The number of rotatable bonds is 9. The van der Waals surface area contributed by atoms with Crippen LogP contribution < -0.4 is 33.3 Å². The Morgan fingerprint density at radius 1 is 0.548 bits per heavy atom. The molecule has 0 amide bonds. The normalized spacial score (nSPS) is 14.1. The maximum Gasteiger partial charge on any atom is 0.346 e. The minimum atomic E-state index is -1.26. The molecule has 0 atom stereocenters. The maximum absolute atomic E-state index is 11.9. The zero-order valence-electron chi connectivity index (χ0n) is 40.7. The van der Waals surface area contributed by atoms with Gasteiger partial charge in [-0.15, -0.1) is 34.0 Å². The second kappa shape index (κ2) is 22.9. The number of anilines is 3. The molecular formula is C60H54N2O8S3.